The number of unbranched alkanes of at least 4 members (excludes halogenated alkanes) is 17. The molecule has 1 unspecified atom stereocenters. The van der Waals surface area contributed by atoms with Crippen LogP contribution in [0.3, 0.4) is 0 Å². The molecule has 0 aliphatic carbocycles. The lowest BCUT2D eigenvalue weighted by molar-refractivity contribution is 0.0231. The van der Waals surface area contributed by atoms with Crippen LogP contribution in [0.15, 0.2) is 0 Å². The highest BCUT2D eigenvalue weighted by Crippen LogP contribution is 2.14. The molecule has 152 valence electrons. The van der Waals surface area contributed by atoms with Gasteiger partial charge in [-0.25, -0.2) is 0 Å². The molecule has 0 bridgehead atoms. The summed E-state index contributed by atoms with van der Waals surface area (Å²) < 4.78 is 5.47. The van der Waals surface area contributed by atoms with E-state index in [2.05, 4.69) is 6.92 Å². The van der Waals surface area contributed by atoms with Gasteiger partial charge in [-0.3, -0.25) is 0 Å². The molecule has 0 saturated carbocycles. The monoisotopic (exact) mass is 356 g/mol. The van der Waals surface area contributed by atoms with Crippen LogP contribution in [0.25, 0.3) is 0 Å². The third kappa shape index (κ3) is 21.9. The van der Waals surface area contributed by atoms with Gasteiger partial charge in [0.1, 0.15) is 0 Å². The molecular formula is C23H48O2. The van der Waals surface area contributed by atoms with E-state index in [4.69, 9.17) is 9.84 Å². The van der Waals surface area contributed by atoms with E-state index in [0.717, 1.165) is 13.0 Å². The maximum atomic E-state index is 8.86. The Labute approximate surface area is 159 Å². The van der Waals surface area contributed by atoms with Crippen LogP contribution < -0.4 is 0 Å². The van der Waals surface area contributed by atoms with Gasteiger partial charge in [0, 0.05) is 6.61 Å². The molecule has 0 aromatic heterocycles. The molecule has 1 N–H and O–H groups in total. The zero-order valence-electron chi connectivity index (χ0n) is 17.6. The van der Waals surface area contributed by atoms with E-state index >= 15 is 0 Å². The van der Waals surface area contributed by atoms with Crippen LogP contribution in [0, 0.1) is 0 Å². The average Bonchev–Trinajstić information content (AvgIpc) is 2.63. The second-order valence-electron chi connectivity index (χ2n) is 7.87. The number of ether oxygens (including phenoxy) is 1. The van der Waals surface area contributed by atoms with Crippen molar-refractivity contribution in [3.05, 3.63) is 0 Å². The van der Waals surface area contributed by atoms with Crippen molar-refractivity contribution in [3.63, 3.8) is 0 Å². The third-order valence-corrected chi connectivity index (χ3v) is 5.16. The fourth-order valence-electron chi connectivity index (χ4n) is 3.34. The van der Waals surface area contributed by atoms with E-state index < -0.39 is 0 Å². The molecule has 0 amide bonds. The summed E-state index contributed by atoms with van der Waals surface area (Å²) >= 11 is 0. The first-order chi connectivity index (χ1) is 12.3. The van der Waals surface area contributed by atoms with Crippen molar-refractivity contribution in [2.24, 2.45) is 0 Å². The Morgan fingerprint density at radius 3 is 1.20 bits per heavy atom. The van der Waals surface area contributed by atoms with Crippen molar-refractivity contribution in [1.29, 1.82) is 0 Å². The molecule has 0 spiro atoms. The van der Waals surface area contributed by atoms with Gasteiger partial charge in [-0.05, 0) is 13.3 Å². The molecule has 2 heteroatoms. The summed E-state index contributed by atoms with van der Waals surface area (Å²) in [6.45, 7) is 5.16. The normalized spacial score (nSPS) is 12.6. The maximum Gasteiger partial charge on any atom is 0.0777 e. The first-order valence-electron chi connectivity index (χ1n) is 11.5. The Kier molecular flexibility index (Phi) is 21.9. The summed E-state index contributed by atoms with van der Waals surface area (Å²) in [6.07, 6.45) is 25.3. The van der Waals surface area contributed by atoms with Crippen molar-refractivity contribution in [3.8, 4) is 0 Å². The van der Waals surface area contributed by atoms with Crippen molar-refractivity contribution in [2.45, 2.75) is 136 Å². The first kappa shape index (κ1) is 24.9. The van der Waals surface area contributed by atoms with Crippen LogP contribution in [0.1, 0.15) is 129 Å². The minimum Gasteiger partial charge on any atom is -0.394 e. The van der Waals surface area contributed by atoms with E-state index in [-0.39, 0.29) is 12.7 Å². The van der Waals surface area contributed by atoms with E-state index in [1.54, 1.807) is 0 Å². The second kappa shape index (κ2) is 22.0. The first-order valence-corrected chi connectivity index (χ1v) is 11.5. The number of aliphatic hydroxyl groups is 1. The second-order valence-corrected chi connectivity index (χ2v) is 7.87. The van der Waals surface area contributed by atoms with Crippen molar-refractivity contribution in [1.82, 2.24) is 0 Å². The number of aliphatic hydroxyl groups excluding tert-OH is 1. The van der Waals surface area contributed by atoms with Crippen LogP contribution >= 0.6 is 0 Å². The molecule has 0 rings (SSSR count). The SMILES string of the molecule is CCCCCCCCCCCCCCCCCCCCOC(C)CO. The summed E-state index contributed by atoms with van der Waals surface area (Å²) in [4.78, 5) is 0. The number of rotatable bonds is 21. The maximum absolute atomic E-state index is 8.86. The van der Waals surface area contributed by atoms with Crippen molar-refractivity contribution >= 4 is 0 Å². The predicted octanol–water partition coefficient (Wildman–Crippen LogP) is 7.43. The summed E-state index contributed by atoms with van der Waals surface area (Å²) in [5.41, 5.74) is 0. The molecule has 0 fully saturated rings. The van der Waals surface area contributed by atoms with Crippen molar-refractivity contribution in [2.75, 3.05) is 13.2 Å². The lowest BCUT2D eigenvalue weighted by atomic mass is 10.0. The number of hydrogen-bond acceptors (Lipinski definition) is 2. The van der Waals surface area contributed by atoms with Gasteiger partial charge in [-0.2, -0.15) is 0 Å². The molecule has 1 atom stereocenters. The number of hydrogen-bond donors (Lipinski definition) is 1. The molecule has 0 heterocycles. The zero-order chi connectivity index (χ0) is 18.4. The lowest BCUT2D eigenvalue weighted by Gasteiger charge is -2.09. The molecule has 0 aromatic carbocycles. The average molecular weight is 357 g/mol. The quantitative estimate of drug-likeness (QED) is 0.217. The van der Waals surface area contributed by atoms with Gasteiger partial charge in [-0.15, -0.1) is 0 Å². The molecule has 0 saturated heterocycles. The summed E-state index contributed by atoms with van der Waals surface area (Å²) in [5.74, 6) is 0. The highest BCUT2D eigenvalue weighted by atomic mass is 16.5. The molecule has 25 heavy (non-hydrogen) atoms. The summed E-state index contributed by atoms with van der Waals surface area (Å²) in [7, 11) is 0. The van der Waals surface area contributed by atoms with E-state index in [1.807, 2.05) is 6.92 Å². The molecule has 0 aliphatic rings. The topological polar surface area (TPSA) is 29.5 Å². The van der Waals surface area contributed by atoms with E-state index in [9.17, 15) is 0 Å². The predicted molar refractivity (Wildman–Crippen MR) is 111 cm³/mol. The van der Waals surface area contributed by atoms with Crippen LogP contribution in [0.4, 0.5) is 0 Å². The fraction of sp³-hybridized carbons (Fsp3) is 1.00. The Bertz CT molecular complexity index is 230. The minimum atomic E-state index is 0.00537. The highest BCUT2D eigenvalue weighted by Gasteiger charge is 1.98. The van der Waals surface area contributed by atoms with Crippen LogP contribution in [0.5, 0.6) is 0 Å². The summed E-state index contributed by atoms with van der Waals surface area (Å²) in [6, 6.07) is 0. The van der Waals surface area contributed by atoms with E-state index in [0.29, 0.717) is 0 Å². The van der Waals surface area contributed by atoms with Gasteiger partial charge in [-0.1, -0.05) is 116 Å². The van der Waals surface area contributed by atoms with Crippen LogP contribution in [0.2, 0.25) is 0 Å². The molecule has 0 aliphatic heterocycles. The van der Waals surface area contributed by atoms with E-state index in [1.165, 1.54) is 109 Å². The Morgan fingerprint density at radius 1 is 0.560 bits per heavy atom. The Balaban J connectivity index is 2.98. The van der Waals surface area contributed by atoms with Gasteiger partial charge < -0.3 is 9.84 Å². The standard InChI is InChI=1S/C23H48O2/c1-3-4-5-6-7-8-9-10-11-12-13-14-15-16-17-18-19-20-21-25-23(2)22-24/h23-24H,3-22H2,1-2H3. The largest absolute Gasteiger partial charge is 0.394 e. The molecular weight excluding hydrogens is 308 g/mol. The lowest BCUT2D eigenvalue weighted by Crippen LogP contribution is -2.13. The fourth-order valence-corrected chi connectivity index (χ4v) is 3.34. The summed E-state index contributed by atoms with van der Waals surface area (Å²) in [5, 5.41) is 8.86. The molecule has 2 nitrogen and oxygen atoms in total. The Morgan fingerprint density at radius 2 is 0.880 bits per heavy atom. The van der Waals surface area contributed by atoms with Crippen LogP contribution in [-0.4, -0.2) is 24.4 Å². The third-order valence-electron chi connectivity index (χ3n) is 5.16. The zero-order valence-corrected chi connectivity index (χ0v) is 17.6. The minimum absolute atomic E-state index is 0.00537. The van der Waals surface area contributed by atoms with Gasteiger partial charge in [0.2, 0.25) is 0 Å². The van der Waals surface area contributed by atoms with Gasteiger partial charge in [0.25, 0.3) is 0 Å². The van der Waals surface area contributed by atoms with Crippen molar-refractivity contribution < 1.29 is 9.84 Å². The van der Waals surface area contributed by atoms with Gasteiger partial charge in [0.05, 0.1) is 12.7 Å². The van der Waals surface area contributed by atoms with Gasteiger partial charge in [0.15, 0.2) is 0 Å². The van der Waals surface area contributed by atoms with Crippen LogP contribution in [-0.2, 0) is 4.74 Å². The molecule has 0 radical (unpaired) electrons. The smallest absolute Gasteiger partial charge is 0.0777 e. The highest BCUT2D eigenvalue weighted by molar-refractivity contribution is 4.51. The van der Waals surface area contributed by atoms with Gasteiger partial charge >= 0.3 is 0 Å². The Hall–Kier alpha value is -0.0800. The molecule has 0 aromatic rings.